The Hall–Kier alpha value is -2.99. The van der Waals surface area contributed by atoms with Gasteiger partial charge in [0.15, 0.2) is 17.1 Å². The molecule has 1 aliphatic heterocycles. The molecule has 2 N–H and O–H groups in total. The van der Waals surface area contributed by atoms with Gasteiger partial charge in [0.2, 0.25) is 0 Å². The summed E-state index contributed by atoms with van der Waals surface area (Å²) in [6.45, 7) is 5.03. The van der Waals surface area contributed by atoms with E-state index in [1.54, 1.807) is 44.6 Å². The topological polar surface area (TPSA) is 73.3 Å². The van der Waals surface area contributed by atoms with Gasteiger partial charge in [-0.05, 0) is 48.7 Å². The standard InChI is InChI=1S/C24H27NO5/c1-15-5-4-10-25(13-15)14-19-20(26)8-6-17-11-18(24(27)30-23(17)19)16-7-9-21(28-2)22(12-16)29-3/h6-9,11-12,15,26H,4-5,10,13-14H2,1-3H3/p+1/t15-/m1/s1. The van der Waals surface area contributed by atoms with Crippen LogP contribution in [-0.2, 0) is 6.54 Å². The van der Waals surface area contributed by atoms with Gasteiger partial charge in [-0.25, -0.2) is 4.79 Å². The van der Waals surface area contributed by atoms with Crippen molar-refractivity contribution < 1.29 is 23.9 Å². The van der Waals surface area contributed by atoms with Gasteiger partial charge < -0.3 is 23.9 Å². The number of fused-ring (bicyclic) bond motifs is 1. The normalized spacial score (nSPS) is 19.0. The van der Waals surface area contributed by atoms with E-state index in [-0.39, 0.29) is 5.75 Å². The van der Waals surface area contributed by atoms with Crippen LogP contribution >= 0.6 is 0 Å². The Kier molecular flexibility index (Phi) is 5.68. The summed E-state index contributed by atoms with van der Waals surface area (Å²) in [4.78, 5) is 14.3. The number of ether oxygens (including phenoxy) is 2. The predicted molar refractivity (Wildman–Crippen MR) is 115 cm³/mol. The van der Waals surface area contributed by atoms with Gasteiger partial charge >= 0.3 is 5.63 Å². The van der Waals surface area contributed by atoms with Crippen LogP contribution in [0.3, 0.4) is 0 Å². The fourth-order valence-electron chi connectivity index (χ4n) is 4.42. The lowest BCUT2D eigenvalue weighted by Gasteiger charge is -2.28. The third kappa shape index (κ3) is 3.87. The number of nitrogens with one attached hydrogen (secondary N) is 1. The molecule has 0 saturated carbocycles. The number of rotatable bonds is 5. The van der Waals surface area contributed by atoms with E-state index in [1.165, 1.54) is 17.7 Å². The summed E-state index contributed by atoms with van der Waals surface area (Å²) >= 11 is 0. The maximum atomic E-state index is 12.9. The quantitative estimate of drug-likeness (QED) is 0.633. The number of quaternary nitrogens is 1. The average Bonchev–Trinajstić information content (AvgIpc) is 2.75. The van der Waals surface area contributed by atoms with Gasteiger partial charge in [-0.1, -0.05) is 13.0 Å². The van der Waals surface area contributed by atoms with Crippen molar-refractivity contribution in [3.05, 3.63) is 52.4 Å². The number of aromatic hydroxyl groups is 1. The largest absolute Gasteiger partial charge is 0.507 e. The number of methoxy groups -OCH3 is 2. The van der Waals surface area contributed by atoms with Crippen molar-refractivity contribution in [2.75, 3.05) is 27.3 Å². The zero-order valence-electron chi connectivity index (χ0n) is 17.7. The van der Waals surface area contributed by atoms with Crippen LogP contribution < -0.4 is 20.0 Å². The summed E-state index contributed by atoms with van der Waals surface area (Å²) < 4.78 is 16.4. The number of benzene rings is 2. The predicted octanol–water partition coefficient (Wildman–Crippen LogP) is 3.00. The Morgan fingerprint density at radius 3 is 2.67 bits per heavy atom. The highest BCUT2D eigenvalue weighted by Crippen LogP contribution is 2.33. The van der Waals surface area contributed by atoms with Crippen LogP contribution in [0, 0.1) is 5.92 Å². The third-order valence-electron chi connectivity index (χ3n) is 5.97. The number of piperidine rings is 1. The van der Waals surface area contributed by atoms with Crippen LogP contribution in [0.25, 0.3) is 22.1 Å². The van der Waals surface area contributed by atoms with Crippen molar-refractivity contribution in [2.24, 2.45) is 5.92 Å². The lowest BCUT2D eigenvalue weighted by atomic mass is 9.99. The Morgan fingerprint density at radius 2 is 1.93 bits per heavy atom. The van der Waals surface area contributed by atoms with Crippen molar-refractivity contribution in [1.82, 2.24) is 0 Å². The first-order valence-corrected chi connectivity index (χ1v) is 10.3. The van der Waals surface area contributed by atoms with Gasteiger partial charge in [-0.15, -0.1) is 0 Å². The molecular formula is C24H28NO5+. The van der Waals surface area contributed by atoms with Gasteiger partial charge in [-0.3, -0.25) is 0 Å². The van der Waals surface area contributed by atoms with Crippen molar-refractivity contribution >= 4 is 11.0 Å². The molecule has 0 amide bonds. The van der Waals surface area contributed by atoms with E-state index >= 15 is 0 Å². The molecule has 3 aromatic rings. The van der Waals surface area contributed by atoms with E-state index in [0.29, 0.717) is 46.2 Å². The maximum absolute atomic E-state index is 12.9. The molecule has 4 rings (SSSR count). The highest BCUT2D eigenvalue weighted by molar-refractivity contribution is 5.86. The summed E-state index contributed by atoms with van der Waals surface area (Å²) in [6.07, 6.45) is 2.42. The van der Waals surface area contributed by atoms with E-state index in [9.17, 15) is 9.90 Å². The minimum Gasteiger partial charge on any atom is -0.507 e. The fraction of sp³-hybridized carbons (Fsp3) is 0.375. The van der Waals surface area contributed by atoms with Crippen molar-refractivity contribution in [2.45, 2.75) is 26.3 Å². The summed E-state index contributed by atoms with van der Waals surface area (Å²) in [5.41, 5.74) is 1.86. The number of hydrogen-bond acceptors (Lipinski definition) is 5. The highest BCUT2D eigenvalue weighted by Gasteiger charge is 2.23. The van der Waals surface area contributed by atoms with Crippen LogP contribution in [-0.4, -0.2) is 32.4 Å². The average molecular weight is 410 g/mol. The Morgan fingerprint density at radius 1 is 1.13 bits per heavy atom. The Bertz CT molecular complexity index is 1120. The molecular weight excluding hydrogens is 382 g/mol. The minimum absolute atomic E-state index is 0.176. The monoisotopic (exact) mass is 410 g/mol. The summed E-state index contributed by atoms with van der Waals surface area (Å²) in [7, 11) is 3.13. The molecule has 0 aliphatic carbocycles. The molecule has 0 radical (unpaired) electrons. The molecule has 0 spiro atoms. The molecule has 1 aliphatic rings. The van der Waals surface area contributed by atoms with Crippen LogP contribution in [0.2, 0.25) is 0 Å². The van der Waals surface area contributed by atoms with E-state index < -0.39 is 5.63 Å². The van der Waals surface area contributed by atoms with Gasteiger partial charge in [0.05, 0.1) is 38.4 Å². The van der Waals surface area contributed by atoms with E-state index in [1.807, 2.05) is 6.07 Å². The van der Waals surface area contributed by atoms with Crippen LogP contribution in [0.15, 0.2) is 45.6 Å². The molecule has 1 fully saturated rings. The van der Waals surface area contributed by atoms with Gasteiger partial charge in [0.1, 0.15) is 12.3 Å². The highest BCUT2D eigenvalue weighted by atomic mass is 16.5. The van der Waals surface area contributed by atoms with Gasteiger partial charge in [-0.2, -0.15) is 0 Å². The second kappa shape index (κ2) is 8.40. The smallest absolute Gasteiger partial charge is 0.344 e. The van der Waals surface area contributed by atoms with Crippen LogP contribution in [0.4, 0.5) is 0 Å². The lowest BCUT2D eigenvalue weighted by Crippen LogP contribution is -3.12. The van der Waals surface area contributed by atoms with Crippen LogP contribution in [0.1, 0.15) is 25.3 Å². The molecule has 2 aromatic carbocycles. The molecule has 2 atom stereocenters. The molecule has 0 bridgehead atoms. The molecule has 6 heteroatoms. The summed E-state index contributed by atoms with van der Waals surface area (Å²) in [6, 6.07) is 10.6. The molecule has 1 saturated heterocycles. The lowest BCUT2D eigenvalue weighted by molar-refractivity contribution is -0.922. The Labute approximate surface area is 175 Å². The third-order valence-corrected chi connectivity index (χ3v) is 5.97. The summed E-state index contributed by atoms with van der Waals surface area (Å²) in [5, 5.41) is 11.3. The fourth-order valence-corrected chi connectivity index (χ4v) is 4.42. The van der Waals surface area contributed by atoms with Crippen LogP contribution in [0.5, 0.6) is 17.2 Å². The molecule has 30 heavy (non-hydrogen) atoms. The first-order chi connectivity index (χ1) is 14.5. The Balaban J connectivity index is 1.76. The van der Waals surface area contributed by atoms with Crippen molar-refractivity contribution in [1.29, 1.82) is 0 Å². The first kappa shape index (κ1) is 20.3. The van der Waals surface area contributed by atoms with Gasteiger partial charge in [0.25, 0.3) is 0 Å². The number of hydrogen-bond donors (Lipinski definition) is 2. The molecule has 1 unspecified atom stereocenters. The summed E-state index contributed by atoms with van der Waals surface area (Å²) in [5.74, 6) is 1.98. The zero-order chi connectivity index (χ0) is 21.3. The second-order valence-electron chi connectivity index (χ2n) is 8.13. The van der Waals surface area contributed by atoms with Crippen molar-refractivity contribution in [3.8, 4) is 28.4 Å². The number of phenols is 1. The molecule has 6 nitrogen and oxygen atoms in total. The molecule has 2 heterocycles. The van der Waals surface area contributed by atoms with E-state index in [0.717, 1.165) is 18.5 Å². The number of phenolic OH excluding ortho intramolecular Hbond substituents is 1. The number of likely N-dealkylation sites (tertiary alicyclic amines) is 1. The van der Waals surface area contributed by atoms with Gasteiger partial charge in [0, 0.05) is 11.3 Å². The van der Waals surface area contributed by atoms with E-state index in [2.05, 4.69) is 6.92 Å². The van der Waals surface area contributed by atoms with E-state index in [4.69, 9.17) is 13.9 Å². The zero-order valence-corrected chi connectivity index (χ0v) is 17.7. The molecule has 158 valence electrons. The molecule has 1 aromatic heterocycles. The minimum atomic E-state index is -0.441. The maximum Gasteiger partial charge on any atom is 0.344 e. The SMILES string of the molecule is COc1ccc(-c2cc3ccc(O)c(C[NH+]4CCC[C@@H](C)C4)c3oc2=O)cc1OC. The second-order valence-corrected chi connectivity index (χ2v) is 8.13. The first-order valence-electron chi connectivity index (χ1n) is 10.3. The van der Waals surface area contributed by atoms with Crippen molar-refractivity contribution in [3.63, 3.8) is 0 Å².